The summed E-state index contributed by atoms with van der Waals surface area (Å²) < 4.78 is 46.3. The van der Waals surface area contributed by atoms with Gasteiger partial charge in [0.2, 0.25) is 5.88 Å². The van der Waals surface area contributed by atoms with Crippen molar-refractivity contribution in [2.24, 2.45) is 0 Å². The zero-order valence-electron chi connectivity index (χ0n) is 14.9. The molecular weight excluding hydrogens is 385 g/mol. The molecule has 1 aliphatic heterocycles. The molecule has 3 aromatic rings. The van der Waals surface area contributed by atoms with E-state index in [1.165, 1.54) is 24.3 Å². The van der Waals surface area contributed by atoms with Crippen LogP contribution in [0, 0.1) is 0 Å². The van der Waals surface area contributed by atoms with Crippen LogP contribution in [0.4, 0.5) is 13.2 Å². The molecule has 0 fully saturated rings. The minimum atomic E-state index is -4.72. The number of rotatable bonds is 5. The van der Waals surface area contributed by atoms with Gasteiger partial charge in [-0.2, -0.15) is 0 Å². The Morgan fingerprint density at radius 1 is 0.897 bits per heavy atom. The van der Waals surface area contributed by atoms with Crippen molar-refractivity contribution in [2.75, 3.05) is 0 Å². The number of aromatic nitrogens is 1. The monoisotopic (exact) mass is 400 g/mol. The third-order valence-electron chi connectivity index (χ3n) is 4.07. The van der Waals surface area contributed by atoms with Crippen LogP contribution in [0.15, 0.2) is 84.9 Å². The number of halogens is 3. The lowest BCUT2D eigenvalue weighted by atomic mass is 10.1. The predicted octanol–water partition coefficient (Wildman–Crippen LogP) is 5.14. The van der Waals surface area contributed by atoms with E-state index in [0.29, 0.717) is 17.2 Å². The fraction of sp³-hybridized carbons (Fsp3) is 0.0952. The molecule has 1 atom stereocenters. The molecule has 0 saturated heterocycles. The molecule has 4 rings (SSSR count). The molecule has 8 heteroatoms. The molecule has 0 aliphatic carbocycles. The van der Waals surface area contributed by atoms with Crippen LogP contribution in [-0.2, 0) is 4.84 Å². The van der Waals surface area contributed by atoms with E-state index in [1.807, 2.05) is 36.4 Å². The van der Waals surface area contributed by atoms with E-state index in [9.17, 15) is 13.2 Å². The molecule has 29 heavy (non-hydrogen) atoms. The van der Waals surface area contributed by atoms with Gasteiger partial charge in [-0.25, -0.2) is 5.48 Å². The molecule has 5 nitrogen and oxygen atoms in total. The molecule has 0 spiro atoms. The summed E-state index contributed by atoms with van der Waals surface area (Å²) in [5.41, 5.74) is 5.11. The molecule has 148 valence electrons. The average molecular weight is 400 g/mol. The summed E-state index contributed by atoms with van der Waals surface area (Å²) in [5, 5.41) is 0. The first-order valence-corrected chi connectivity index (χ1v) is 8.65. The minimum Gasteiger partial charge on any atom is -0.438 e. The van der Waals surface area contributed by atoms with Crippen LogP contribution < -0.4 is 15.0 Å². The fourth-order valence-corrected chi connectivity index (χ4v) is 2.75. The Hall–Kier alpha value is -3.52. The van der Waals surface area contributed by atoms with Crippen LogP contribution >= 0.6 is 0 Å². The molecule has 1 aromatic heterocycles. The number of hydroxylamine groups is 1. The van der Waals surface area contributed by atoms with Crippen molar-refractivity contribution in [3.63, 3.8) is 0 Å². The second-order valence-electron chi connectivity index (χ2n) is 6.14. The van der Waals surface area contributed by atoms with Gasteiger partial charge in [-0.3, -0.25) is 9.82 Å². The number of hydrogen-bond acceptors (Lipinski definition) is 5. The smallest absolute Gasteiger partial charge is 0.438 e. The van der Waals surface area contributed by atoms with Crippen LogP contribution in [0.5, 0.6) is 11.5 Å². The summed E-state index contributed by atoms with van der Waals surface area (Å²) in [6.07, 6.45) is -1.97. The fourth-order valence-electron chi connectivity index (χ4n) is 2.75. The Balaban J connectivity index is 1.40. The highest BCUT2D eigenvalue weighted by Gasteiger charge is 2.31. The second-order valence-corrected chi connectivity index (χ2v) is 6.14. The molecule has 2 heterocycles. The summed E-state index contributed by atoms with van der Waals surface area (Å²) in [5.74, 6) is 0.582. The van der Waals surface area contributed by atoms with Gasteiger partial charge in [0.1, 0.15) is 17.6 Å². The van der Waals surface area contributed by atoms with Gasteiger partial charge in [0.15, 0.2) is 0 Å². The second kappa shape index (κ2) is 7.84. The van der Waals surface area contributed by atoms with Gasteiger partial charge >= 0.3 is 6.36 Å². The molecule has 1 N–H and O–H groups in total. The lowest BCUT2D eigenvalue weighted by molar-refractivity contribution is -0.274. The highest BCUT2D eigenvalue weighted by atomic mass is 19.4. The van der Waals surface area contributed by atoms with Gasteiger partial charge in [0.05, 0.1) is 11.9 Å². The van der Waals surface area contributed by atoms with Crippen molar-refractivity contribution in [3.8, 4) is 22.8 Å². The van der Waals surface area contributed by atoms with Crippen molar-refractivity contribution >= 4 is 0 Å². The van der Waals surface area contributed by atoms with Crippen molar-refractivity contribution in [1.82, 2.24) is 10.5 Å². The summed E-state index contributed by atoms with van der Waals surface area (Å²) in [4.78, 5) is 9.79. The molecule has 2 aromatic carbocycles. The van der Waals surface area contributed by atoms with Crippen LogP contribution in [0.1, 0.15) is 11.7 Å². The third-order valence-corrected chi connectivity index (χ3v) is 4.07. The summed E-state index contributed by atoms with van der Waals surface area (Å²) in [6, 6.07) is 18.8. The van der Waals surface area contributed by atoms with Gasteiger partial charge in [-0.05, 0) is 29.8 Å². The van der Waals surface area contributed by atoms with Gasteiger partial charge in [0.25, 0.3) is 0 Å². The number of benzene rings is 2. The lowest BCUT2D eigenvalue weighted by Gasteiger charge is -2.11. The Labute approximate surface area is 164 Å². The van der Waals surface area contributed by atoms with Gasteiger partial charge in [-0.1, -0.05) is 42.5 Å². The number of nitrogens with one attached hydrogen (secondary N) is 1. The largest absolute Gasteiger partial charge is 0.573 e. The zero-order valence-corrected chi connectivity index (χ0v) is 14.9. The maximum atomic E-state index is 12.2. The van der Waals surface area contributed by atoms with E-state index in [1.54, 1.807) is 18.3 Å². The highest BCUT2D eigenvalue weighted by Crippen LogP contribution is 2.29. The van der Waals surface area contributed by atoms with Crippen LogP contribution in [0.25, 0.3) is 11.3 Å². The minimum absolute atomic E-state index is 0.294. The number of alkyl halides is 3. The van der Waals surface area contributed by atoms with E-state index < -0.39 is 12.5 Å². The normalized spacial score (nSPS) is 16.1. The number of pyridine rings is 1. The Kier molecular flexibility index (Phi) is 5.09. The van der Waals surface area contributed by atoms with Crippen molar-refractivity contribution in [3.05, 3.63) is 90.4 Å². The average Bonchev–Trinajstić information content (AvgIpc) is 3.17. The van der Waals surface area contributed by atoms with Crippen molar-refractivity contribution < 1.29 is 27.5 Å². The SMILES string of the molecule is FC(F)(F)Oc1ccc([C@H]2C=C(Oc3ccc(-c4ccccc4)nc3)NO2)cc1. The molecular formula is C21H15F3N2O3. The first-order valence-electron chi connectivity index (χ1n) is 8.65. The zero-order chi connectivity index (χ0) is 20.3. The van der Waals surface area contributed by atoms with E-state index in [4.69, 9.17) is 9.57 Å². The summed E-state index contributed by atoms with van der Waals surface area (Å²) in [6.45, 7) is 0. The lowest BCUT2D eigenvalue weighted by Crippen LogP contribution is -2.17. The molecule has 0 bridgehead atoms. The third kappa shape index (κ3) is 4.85. The summed E-state index contributed by atoms with van der Waals surface area (Å²) >= 11 is 0. The van der Waals surface area contributed by atoms with Gasteiger partial charge < -0.3 is 9.47 Å². The van der Waals surface area contributed by atoms with E-state index in [2.05, 4.69) is 15.2 Å². The topological polar surface area (TPSA) is 52.6 Å². The van der Waals surface area contributed by atoms with Crippen molar-refractivity contribution in [2.45, 2.75) is 12.5 Å². The number of ether oxygens (including phenoxy) is 2. The summed E-state index contributed by atoms with van der Waals surface area (Å²) in [7, 11) is 0. The van der Waals surface area contributed by atoms with Crippen LogP contribution in [0.2, 0.25) is 0 Å². The van der Waals surface area contributed by atoms with Crippen LogP contribution in [0.3, 0.4) is 0 Å². The molecule has 0 unspecified atom stereocenters. The first-order chi connectivity index (χ1) is 14.0. The maximum Gasteiger partial charge on any atom is 0.573 e. The quantitative estimate of drug-likeness (QED) is 0.643. The highest BCUT2D eigenvalue weighted by molar-refractivity contribution is 5.59. The number of hydrogen-bond donors (Lipinski definition) is 1. The Bertz CT molecular complexity index is 988. The van der Waals surface area contributed by atoms with Gasteiger partial charge in [0, 0.05) is 11.6 Å². The van der Waals surface area contributed by atoms with Crippen LogP contribution in [-0.4, -0.2) is 11.3 Å². The Morgan fingerprint density at radius 2 is 1.62 bits per heavy atom. The van der Waals surface area contributed by atoms with E-state index in [-0.39, 0.29) is 5.75 Å². The molecule has 1 aliphatic rings. The van der Waals surface area contributed by atoms with Crippen molar-refractivity contribution in [1.29, 1.82) is 0 Å². The Morgan fingerprint density at radius 3 is 2.28 bits per heavy atom. The standard InChI is InChI=1S/C21H15F3N2O3/c22-21(23,24)28-16-8-6-15(7-9-16)19-12-20(26-29-19)27-17-10-11-18(25-13-17)14-4-2-1-3-5-14/h1-13,19,26H/t19-/m1/s1. The predicted molar refractivity (Wildman–Crippen MR) is 98.5 cm³/mol. The molecule has 0 saturated carbocycles. The van der Waals surface area contributed by atoms with Gasteiger partial charge in [-0.15, -0.1) is 13.2 Å². The maximum absolute atomic E-state index is 12.2. The molecule has 0 radical (unpaired) electrons. The van der Waals surface area contributed by atoms with E-state index in [0.717, 1.165) is 11.3 Å². The first kappa shape index (κ1) is 18.8. The van der Waals surface area contributed by atoms with E-state index >= 15 is 0 Å². The molecule has 0 amide bonds. The number of nitrogens with zero attached hydrogens (tertiary/aromatic N) is 1.